The third kappa shape index (κ3) is 16.9. The average Bonchev–Trinajstić information content (AvgIpc) is 1.58. The Labute approximate surface area is 808 Å². The van der Waals surface area contributed by atoms with Crippen LogP contribution in [0.1, 0.15) is 172 Å². The lowest BCUT2D eigenvalue weighted by Crippen LogP contribution is -2.39. The molecule has 12 heterocycles. The lowest BCUT2D eigenvalue weighted by molar-refractivity contribution is -0.123. The summed E-state index contributed by atoms with van der Waals surface area (Å²) in [6, 6.07) is 20.2. The molecule has 0 radical (unpaired) electrons. The molecular formula is C106H128Cl4N16O6Si2. The largest absolute Gasteiger partial charge is 0.360 e. The number of carbonyl (C=O) groups excluding carboxylic acids is 4. The first-order valence-electron chi connectivity index (χ1n) is 48.1. The Morgan fingerprint density at radius 3 is 1.00 bits per heavy atom. The van der Waals surface area contributed by atoms with Crippen molar-refractivity contribution < 1.29 is 28.7 Å². The molecule has 0 bridgehead atoms. The number of aryl methyl sites for hydroxylation is 8. The standard InChI is InChI=1S/C30H40N4O2Si.C28H36N4O2Si.C24H26N4O.C22H22N4O.2CH2Cl2/c1-7-13-30(14-8-2)24-18-25-23(17-26(24)34(9-3)29(30)35)22-12-10-11-21-19-33(32-27(21)28(22)31-25)20-36-15-16-37(4,5)6;1-5-32-24-15-21-20-10-8-9-19-17-31(18-34-13-14-35(2,3)4)30-25(19)26(20)29-23(21)16-22(24)28(27(32)33)11-6-7-12-28;1-4-10-24(11-5-2)18-13-19-17(12-20(18)28(6-3)23(24)29)16-9-7-8-15-14-25-27-21(15)22(16)26-19;1-2-26-18-10-15-14-7-5-6-13-12-23-25-19(13)20(14)24-17(15)11-16(18)22(21(26)27)8-3-4-9-22;2*2-1-3/h7-8,17-19,31H,1-2,9-16,20H2,3-6H3;6-7,15-17,29H,5,8-14,18H2,1-4H3;4-5,12-14,26H,1-2,6-11H2,3H3,(H,25,27);3-4,10-12,24H,2,5-9H2,1H3,(H,23,25);2*1H2. The highest BCUT2D eigenvalue weighted by Gasteiger charge is 2.55. The van der Waals surface area contributed by atoms with Crippen molar-refractivity contribution >= 4 is 153 Å². The molecule has 28 heteroatoms. The monoisotopic (exact) mass is 1920 g/mol. The van der Waals surface area contributed by atoms with Gasteiger partial charge in [0.2, 0.25) is 23.6 Å². The van der Waals surface area contributed by atoms with E-state index in [9.17, 15) is 19.2 Å². The Hall–Kier alpha value is -10.3. The highest BCUT2D eigenvalue weighted by atomic mass is 35.5. The Bertz CT molecular complexity index is 6570. The molecule has 22 nitrogen and oxygen atoms in total. The van der Waals surface area contributed by atoms with Crippen LogP contribution in [-0.2, 0) is 115 Å². The number of aromatic amines is 6. The first kappa shape index (κ1) is 95.4. The van der Waals surface area contributed by atoms with Crippen molar-refractivity contribution in [3.8, 4) is 45.6 Å². The number of rotatable bonds is 22. The smallest absolute Gasteiger partial charge is 0.238 e. The van der Waals surface area contributed by atoms with Crippen LogP contribution in [0.2, 0.25) is 51.4 Å². The second-order valence-corrected chi connectivity index (χ2v) is 52.6. The van der Waals surface area contributed by atoms with Crippen molar-refractivity contribution in [2.45, 2.75) is 243 Å². The van der Waals surface area contributed by atoms with E-state index in [0.29, 0.717) is 58.8 Å². The van der Waals surface area contributed by atoms with E-state index < -0.39 is 32.4 Å². The molecule has 4 aromatic carbocycles. The number of allylic oxidation sites excluding steroid dienone is 8. The summed E-state index contributed by atoms with van der Waals surface area (Å²) in [5.74, 6) is 0.830. The highest BCUT2D eigenvalue weighted by Crippen LogP contribution is 2.56. The molecule has 0 saturated heterocycles. The number of amides is 4. The molecule has 704 valence electrons. The first-order valence-corrected chi connectivity index (χ1v) is 57.6. The van der Waals surface area contributed by atoms with E-state index in [2.05, 4.69) is 205 Å². The Morgan fingerprint density at radius 1 is 0.396 bits per heavy atom. The number of carbonyl (C=O) groups is 4. The summed E-state index contributed by atoms with van der Waals surface area (Å²) in [6.45, 7) is 43.6. The normalized spacial score (nSPS) is 17.2. The SMILES string of the molecule is C=CCC1(CC=C)C(=O)N(CC)c2cc3c4c([nH]c3cc21)-c1[nH]ncc1CCC4.C=CCC1(CC=C)C(=O)N(CC)c2cc3c4c([nH]c3cc21)-c1nn(COCC[Si](C)(C)C)cc1CCC4.CCN1C(=O)C2(CC=CC2)c2cc3[nH]c4c(c3cc21)CCCc1cn(COCC[Si](C)(C)C)nc1-4.CCN1C(=O)C2(CC=CC2)c2cc3[nH]c4c(c3cc21)CCCc1cn[nH]c1-4.ClCCl.ClCCl. The van der Waals surface area contributed by atoms with E-state index in [1.165, 1.54) is 88.9 Å². The fourth-order valence-electron chi connectivity index (χ4n) is 22.8. The molecule has 0 fully saturated rings. The second-order valence-electron chi connectivity index (χ2n) is 39.8. The topological polar surface area (TPSA) is 256 Å². The number of halogens is 4. The summed E-state index contributed by atoms with van der Waals surface area (Å²) < 4.78 is 15.9. The number of ether oxygens (including phenoxy) is 2. The quantitative estimate of drug-likeness (QED) is 0.0162. The molecule has 8 aromatic heterocycles. The maximum atomic E-state index is 13.7. The molecule has 4 amide bonds. The van der Waals surface area contributed by atoms with Crippen molar-refractivity contribution in [1.82, 2.24) is 59.9 Å². The zero-order chi connectivity index (χ0) is 94.5. The number of anilines is 4. The number of fused-ring (bicyclic) bond motifs is 26. The van der Waals surface area contributed by atoms with Gasteiger partial charge in [0.05, 0.1) is 78.9 Å². The van der Waals surface area contributed by atoms with E-state index in [4.69, 9.17) is 66.1 Å². The summed E-state index contributed by atoms with van der Waals surface area (Å²) in [7, 11) is -2.21. The molecule has 6 aliphatic carbocycles. The Kier molecular flexibility index (Phi) is 27.8. The number of alkyl halides is 4. The van der Waals surface area contributed by atoms with Crippen LogP contribution in [0, 0.1) is 0 Å². The fourth-order valence-corrected chi connectivity index (χ4v) is 24.4. The number of aromatic nitrogens is 12. The number of H-pyrrole nitrogens is 6. The average molecular weight is 1920 g/mol. The van der Waals surface area contributed by atoms with Gasteiger partial charge in [-0.25, -0.2) is 9.36 Å². The van der Waals surface area contributed by atoms with Gasteiger partial charge in [0.1, 0.15) is 24.8 Å². The van der Waals surface area contributed by atoms with Gasteiger partial charge in [-0.3, -0.25) is 29.4 Å². The van der Waals surface area contributed by atoms with Gasteiger partial charge < -0.3 is 49.0 Å². The van der Waals surface area contributed by atoms with Crippen LogP contribution in [0.25, 0.3) is 89.2 Å². The number of nitrogens with zero attached hydrogens (tertiary/aromatic N) is 10. The Morgan fingerprint density at radius 2 is 0.687 bits per heavy atom. The van der Waals surface area contributed by atoms with Crippen molar-refractivity contribution in [2.24, 2.45) is 0 Å². The van der Waals surface area contributed by atoms with E-state index in [-0.39, 0.29) is 39.7 Å². The molecule has 0 saturated carbocycles. The van der Waals surface area contributed by atoms with Gasteiger partial charge in [-0.15, -0.1) is 72.7 Å². The summed E-state index contributed by atoms with van der Waals surface area (Å²) in [6.07, 6.45) is 42.5. The molecule has 22 rings (SSSR count). The van der Waals surface area contributed by atoms with E-state index in [1.54, 1.807) is 0 Å². The van der Waals surface area contributed by atoms with E-state index in [0.717, 1.165) is 224 Å². The highest BCUT2D eigenvalue weighted by molar-refractivity contribution is 6.76. The summed E-state index contributed by atoms with van der Waals surface area (Å²) in [4.78, 5) is 76.5. The van der Waals surface area contributed by atoms with Gasteiger partial charge in [-0.2, -0.15) is 20.4 Å². The minimum absolute atomic E-state index is 0.152. The zero-order valence-corrected chi connectivity index (χ0v) is 84.5. The minimum Gasteiger partial charge on any atom is -0.360 e. The number of likely N-dealkylation sites (N-methyl/N-ethyl adjacent to an activating group) is 4. The van der Waals surface area contributed by atoms with Gasteiger partial charge in [0.25, 0.3) is 0 Å². The first-order chi connectivity index (χ1) is 64.7. The van der Waals surface area contributed by atoms with Crippen molar-refractivity contribution in [1.29, 1.82) is 0 Å². The maximum absolute atomic E-state index is 13.7. The van der Waals surface area contributed by atoms with Crippen LogP contribution in [0.4, 0.5) is 22.7 Å². The molecule has 0 unspecified atom stereocenters. The van der Waals surface area contributed by atoms with Crippen LogP contribution in [0.5, 0.6) is 0 Å². The molecule has 0 atom stereocenters. The molecule has 4 aliphatic heterocycles. The third-order valence-corrected chi connectivity index (χ3v) is 32.8. The predicted octanol–water partition coefficient (Wildman–Crippen LogP) is 24.0. The third-order valence-electron chi connectivity index (χ3n) is 29.4. The van der Waals surface area contributed by atoms with Crippen LogP contribution < -0.4 is 19.6 Å². The van der Waals surface area contributed by atoms with Crippen LogP contribution in [0.3, 0.4) is 0 Å². The minimum atomic E-state index is -1.11. The predicted molar refractivity (Wildman–Crippen MR) is 555 cm³/mol. The van der Waals surface area contributed by atoms with Crippen molar-refractivity contribution in [2.75, 3.05) is 69.7 Å². The van der Waals surface area contributed by atoms with Gasteiger partial charge >= 0.3 is 0 Å². The van der Waals surface area contributed by atoms with Crippen LogP contribution in [-0.4, -0.2) is 150 Å². The fraction of sp³-hybridized carbons (Fsp3) is 0.434. The number of benzene rings is 4. The lowest BCUT2D eigenvalue weighted by atomic mass is 9.75. The number of hydrogen-bond donors (Lipinski definition) is 6. The number of hydrogen-bond acceptors (Lipinski definition) is 10. The van der Waals surface area contributed by atoms with Gasteiger partial charge in [-0.1, -0.05) is 87.9 Å². The van der Waals surface area contributed by atoms with Gasteiger partial charge in [0, 0.05) is 134 Å². The zero-order valence-electron chi connectivity index (χ0n) is 79.4. The summed E-state index contributed by atoms with van der Waals surface area (Å²) in [5.41, 5.74) is 30.5. The molecule has 2 spiro atoms. The molecular weight excluding hydrogens is 1790 g/mol. The second kappa shape index (κ2) is 39.1. The molecule has 134 heavy (non-hydrogen) atoms. The van der Waals surface area contributed by atoms with Crippen LogP contribution >= 0.6 is 46.4 Å². The van der Waals surface area contributed by atoms with Crippen molar-refractivity contribution in [3.63, 3.8) is 0 Å². The Balaban J connectivity index is 0.000000123. The van der Waals surface area contributed by atoms with E-state index >= 15 is 0 Å². The number of nitrogens with one attached hydrogen (secondary N) is 6. The van der Waals surface area contributed by atoms with Crippen molar-refractivity contribution in [3.05, 3.63) is 215 Å². The molecule has 12 aromatic rings. The summed E-state index contributed by atoms with van der Waals surface area (Å²) in [5, 5.41) is 30.1. The lowest BCUT2D eigenvalue weighted by Gasteiger charge is -2.26. The summed E-state index contributed by atoms with van der Waals surface area (Å²) >= 11 is 19.1. The van der Waals surface area contributed by atoms with Gasteiger partial charge in [0.15, 0.2) is 0 Å². The molecule has 10 aliphatic rings. The van der Waals surface area contributed by atoms with Crippen LogP contribution in [0.15, 0.2) is 148 Å². The molecule has 6 N–H and O–H groups in total. The van der Waals surface area contributed by atoms with Gasteiger partial charge in [-0.05, 0) is 283 Å². The van der Waals surface area contributed by atoms with E-state index in [1.807, 2.05) is 79.5 Å². The maximum Gasteiger partial charge on any atom is 0.238 e.